The smallest absolute Gasteiger partial charge is 0.227 e. The second kappa shape index (κ2) is 6.12. The van der Waals surface area contributed by atoms with Gasteiger partial charge in [0.25, 0.3) is 0 Å². The van der Waals surface area contributed by atoms with Gasteiger partial charge in [0.2, 0.25) is 5.91 Å². The number of nitrogens with one attached hydrogen (secondary N) is 1. The largest absolute Gasteiger partial charge is 0.341 e. The third-order valence-electron chi connectivity index (χ3n) is 3.65. The highest BCUT2D eigenvalue weighted by molar-refractivity contribution is 6.42. The molecule has 1 saturated heterocycles. The maximum absolute atomic E-state index is 12.4. The second-order valence-electron chi connectivity index (χ2n) is 5.15. The first-order valence-electron chi connectivity index (χ1n) is 6.39. The molecule has 0 radical (unpaired) electrons. The zero-order valence-electron chi connectivity index (χ0n) is 11.1. The van der Waals surface area contributed by atoms with E-state index in [1.54, 1.807) is 11.0 Å². The van der Waals surface area contributed by atoms with Crippen molar-refractivity contribution in [1.82, 2.24) is 10.2 Å². The molecule has 0 aromatic heterocycles. The lowest BCUT2D eigenvalue weighted by Gasteiger charge is -2.23. The lowest BCUT2D eigenvalue weighted by Crippen LogP contribution is -2.35. The van der Waals surface area contributed by atoms with Gasteiger partial charge in [0, 0.05) is 20.1 Å². The van der Waals surface area contributed by atoms with E-state index in [0.29, 0.717) is 22.5 Å². The summed E-state index contributed by atoms with van der Waals surface area (Å²) in [5.74, 6) is 0.598. The molecule has 2 unspecified atom stereocenters. The molecule has 1 aliphatic heterocycles. The molecule has 19 heavy (non-hydrogen) atoms. The Morgan fingerprint density at radius 3 is 2.79 bits per heavy atom. The zero-order valence-corrected chi connectivity index (χ0v) is 12.6. The minimum Gasteiger partial charge on any atom is -0.341 e. The van der Waals surface area contributed by atoms with Crippen LogP contribution in [0.25, 0.3) is 0 Å². The van der Waals surface area contributed by atoms with Crippen LogP contribution < -0.4 is 5.32 Å². The van der Waals surface area contributed by atoms with E-state index in [0.717, 1.165) is 18.7 Å². The van der Waals surface area contributed by atoms with Gasteiger partial charge in [-0.3, -0.25) is 4.79 Å². The van der Waals surface area contributed by atoms with Crippen LogP contribution in [0.15, 0.2) is 18.2 Å². The van der Waals surface area contributed by atoms with Gasteiger partial charge in [-0.15, -0.1) is 0 Å². The first-order chi connectivity index (χ1) is 9.00. The fraction of sp³-hybridized carbons (Fsp3) is 0.500. The fourth-order valence-corrected chi connectivity index (χ4v) is 2.81. The number of amides is 1. The Hall–Kier alpha value is -0.770. The van der Waals surface area contributed by atoms with Crippen molar-refractivity contribution >= 4 is 29.1 Å². The fourth-order valence-electron chi connectivity index (χ4n) is 2.43. The monoisotopic (exact) mass is 300 g/mol. The van der Waals surface area contributed by atoms with Crippen LogP contribution in [0.5, 0.6) is 0 Å². The number of carbonyl (C=O) groups excluding carboxylic acids is 1. The number of hydrogen-bond donors (Lipinski definition) is 1. The van der Waals surface area contributed by atoms with Gasteiger partial charge in [-0.1, -0.05) is 42.3 Å². The lowest BCUT2D eigenvalue weighted by atomic mass is 9.96. The van der Waals surface area contributed by atoms with E-state index >= 15 is 0 Å². The van der Waals surface area contributed by atoms with Crippen LogP contribution in [0.3, 0.4) is 0 Å². The van der Waals surface area contributed by atoms with Gasteiger partial charge in [0.15, 0.2) is 0 Å². The quantitative estimate of drug-likeness (QED) is 0.931. The predicted molar refractivity (Wildman–Crippen MR) is 78.5 cm³/mol. The summed E-state index contributed by atoms with van der Waals surface area (Å²) in [7, 11) is 1.81. The molecule has 104 valence electrons. The number of nitrogens with zero attached hydrogens (tertiary/aromatic N) is 1. The Bertz CT molecular complexity index is 479. The highest BCUT2D eigenvalue weighted by Gasteiger charge is 2.31. The molecule has 1 aromatic rings. The van der Waals surface area contributed by atoms with E-state index in [-0.39, 0.29) is 11.8 Å². The molecule has 0 bridgehead atoms. The van der Waals surface area contributed by atoms with Gasteiger partial charge in [0.1, 0.15) is 0 Å². The molecule has 1 aromatic carbocycles. The summed E-state index contributed by atoms with van der Waals surface area (Å²) in [5, 5.41) is 4.30. The van der Waals surface area contributed by atoms with Crippen molar-refractivity contribution in [2.24, 2.45) is 11.8 Å². The Morgan fingerprint density at radius 1 is 1.42 bits per heavy atom. The van der Waals surface area contributed by atoms with Gasteiger partial charge in [-0.25, -0.2) is 0 Å². The summed E-state index contributed by atoms with van der Waals surface area (Å²) in [5.41, 5.74) is 0.878. The molecule has 5 heteroatoms. The standard InChI is InChI=1S/C14H18Cl2N2O/c1-9-6-17-7-11(9)14(19)18(2)8-10-4-3-5-12(15)13(10)16/h3-5,9,11,17H,6-8H2,1-2H3. The summed E-state index contributed by atoms with van der Waals surface area (Å²) in [6.45, 7) is 4.25. The molecule has 3 nitrogen and oxygen atoms in total. The molecule has 1 heterocycles. The van der Waals surface area contributed by atoms with Crippen LogP contribution in [0.2, 0.25) is 10.0 Å². The molecule has 1 aliphatic rings. The SMILES string of the molecule is CC1CNCC1C(=O)N(C)Cc1cccc(Cl)c1Cl. The average Bonchev–Trinajstić information content (AvgIpc) is 2.80. The van der Waals surface area contributed by atoms with Crippen LogP contribution >= 0.6 is 23.2 Å². The first kappa shape index (κ1) is 14.6. The van der Waals surface area contributed by atoms with Gasteiger partial charge in [0.05, 0.1) is 16.0 Å². The Morgan fingerprint density at radius 2 is 2.16 bits per heavy atom. The molecule has 1 amide bonds. The third-order valence-corrected chi connectivity index (χ3v) is 4.51. The van der Waals surface area contributed by atoms with Gasteiger partial charge < -0.3 is 10.2 Å². The van der Waals surface area contributed by atoms with Crippen LogP contribution in [0.4, 0.5) is 0 Å². The molecule has 1 N–H and O–H groups in total. The van der Waals surface area contributed by atoms with Crippen LogP contribution in [-0.2, 0) is 11.3 Å². The van der Waals surface area contributed by atoms with Crippen molar-refractivity contribution in [2.75, 3.05) is 20.1 Å². The van der Waals surface area contributed by atoms with E-state index in [1.165, 1.54) is 0 Å². The van der Waals surface area contributed by atoms with Gasteiger partial charge in [-0.2, -0.15) is 0 Å². The molecular formula is C14H18Cl2N2O. The van der Waals surface area contributed by atoms with Crippen LogP contribution in [0.1, 0.15) is 12.5 Å². The molecule has 1 fully saturated rings. The molecular weight excluding hydrogens is 283 g/mol. The zero-order chi connectivity index (χ0) is 14.0. The number of halogens is 2. The average molecular weight is 301 g/mol. The summed E-state index contributed by atoms with van der Waals surface area (Å²) in [4.78, 5) is 14.1. The molecule has 0 saturated carbocycles. The Balaban J connectivity index is 2.06. The van der Waals surface area contributed by atoms with Gasteiger partial charge >= 0.3 is 0 Å². The van der Waals surface area contributed by atoms with Crippen molar-refractivity contribution in [1.29, 1.82) is 0 Å². The molecule has 0 aliphatic carbocycles. The van der Waals surface area contributed by atoms with Crippen molar-refractivity contribution in [3.63, 3.8) is 0 Å². The number of carbonyl (C=O) groups is 1. The lowest BCUT2D eigenvalue weighted by molar-refractivity contribution is -0.135. The minimum absolute atomic E-state index is 0.0583. The van der Waals surface area contributed by atoms with E-state index in [4.69, 9.17) is 23.2 Å². The van der Waals surface area contributed by atoms with E-state index in [1.807, 2.05) is 19.2 Å². The summed E-state index contributed by atoms with van der Waals surface area (Å²) in [6, 6.07) is 5.49. The highest BCUT2D eigenvalue weighted by atomic mass is 35.5. The number of benzene rings is 1. The van der Waals surface area contributed by atoms with E-state index in [2.05, 4.69) is 12.2 Å². The summed E-state index contributed by atoms with van der Waals surface area (Å²) in [6.07, 6.45) is 0. The Labute approximate surface area is 123 Å². The predicted octanol–water partition coefficient (Wildman–Crippen LogP) is 2.81. The van der Waals surface area contributed by atoms with Gasteiger partial charge in [-0.05, 0) is 24.1 Å². The van der Waals surface area contributed by atoms with Crippen molar-refractivity contribution < 1.29 is 4.79 Å². The van der Waals surface area contributed by atoms with E-state index in [9.17, 15) is 4.79 Å². The maximum Gasteiger partial charge on any atom is 0.227 e. The Kier molecular flexibility index (Phi) is 4.71. The van der Waals surface area contributed by atoms with Crippen molar-refractivity contribution in [2.45, 2.75) is 13.5 Å². The maximum atomic E-state index is 12.4. The molecule has 2 atom stereocenters. The third kappa shape index (κ3) is 3.22. The van der Waals surface area contributed by atoms with Crippen LogP contribution in [0, 0.1) is 11.8 Å². The minimum atomic E-state index is 0.0583. The second-order valence-corrected chi connectivity index (χ2v) is 5.93. The topological polar surface area (TPSA) is 32.3 Å². The molecule has 0 spiro atoms. The number of hydrogen-bond acceptors (Lipinski definition) is 2. The molecule has 2 rings (SSSR count). The van der Waals surface area contributed by atoms with Crippen molar-refractivity contribution in [3.8, 4) is 0 Å². The first-order valence-corrected chi connectivity index (χ1v) is 7.15. The van der Waals surface area contributed by atoms with Crippen molar-refractivity contribution in [3.05, 3.63) is 33.8 Å². The summed E-state index contributed by atoms with van der Waals surface area (Å²) < 4.78 is 0. The highest BCUT2D eigenvalue weighted by Crippen LogP contribution is 2.27. The van der Waals surface area contributed by atoms with Crippen LogP contribution in [-0.4, -0.2) is 30.9 Å². The number of rotatable bonds is 3. The van der Waals surface area contributed by atoms with E-state index < -0.39 is 0 Å². The summed E-state index contributed by atoms with van der Waals surface area (Å²) >= 11 is 12.1. The normalized spacial score (nSPS) is 22.5.